The highest BCUT2D eigenvalue weighted by atomic mass is 16.2. The molecule has 1 amide bonds. The van der Waals surface area contributed by atoms with E-state index in [0.717, 1.165) is 19.3 Å². The quantitative estimate of drug-likeness (QED) is 0.869. The number of hydrogen-bond acceptors (Lipinski definition) is 2. The number of carbonyl (C=O) groups excluding carboxylic acids is 2. The highest BCUT2D eigenvalue weighted by Crippen LogP contribution is 2.21. The fraction of sp³-hybridized carbons (Fsp3) is 0.538. The van der Waals surface area contributed by atoms with Gasteiger partial charge in [0.25, 0.3) is 5.91 Å². The SMILES string of the molecule is CCC(=O)[C@@H]1CCCCN1C(=O)c1cc[nH]c1. The number of piperidine rings is 1. The van der Waals surface area contributed by atoms with Crippen molar-refractivity contribution in [2.75, 3.05) is 6.54 Å². The molecule has 2 heterocycles. The van der Waals surface area contributed by atoms with E-state index in [2.05, 4.69) is 4.98 Å². The third kappa shape index (κ3) is 2.40. The molecule has 1 aliphatic rings. The fourth-order valence-electron chi connectivity index (χ4n) is 2.37. The van der Waals surface area contributed by atoms with Crippen LogP contribution in [0.4, 0.5) is 0 Å². The molecule has 4 heteroatoms. The van der Waals surface area contributed by atoms with Gasteiger partial charge in [-0.15, -0.1) is 0 Å². The minimum atomic E-state index is -0.212. The van der Waals surface area contributed by atoms with E-state index in [1.807, 2.05) is 6.92 Å². The number of H-pyrrole nitrogens is 1. The third-order valence-corrected chi connectivity index (χ3v) is 3.33. The second kappa shape index (κ2) is 5.17. The van der Waals surface area contributed by atoms with Gasteiger partial charge >= 0.3 is 0 Å². The predicted molar refractivity (Wildman–Crippen MR) is 64.8 cm³/mol. The lowest BCUT2D eigenvalue weighted by Crippen LogP contribution is -2.47. The van der Waals surface area contributed by atoms with Gasteiger partial charge in [-0.1, -0.05) is 6.92 Å². The van der Waals surface area contributed by atoms with Gasteiger partial charge in [-0.3, -0.25) is 9.59 Å². The van der Waals surface area contributed by atoms with E-state index in [1.165, 1.54) is 0 Å². The second-order valence-corrected chi connectivity index (χ2v) is 4.43. The molecule has 0 spiro atoms. The smallest absolute Gasteiger partial charge is 0.255 e. The van der Waals surface area contributed by atoms with Crippen LogP contribution in [0.5, 0.6) is 0 Å². The highest BCUT2D eigenvalue weighted by molar-refractivity contribution is 5.97. The summed E-state index contributed by atoms with van der Waals surface area (Å²) in [6, 6.07) is 1.54. The molecule has 0 bridgehead atoms. The van der Waals surface area contributed by atoms with Crippen molar-refractivity contribution in [3.05, 3.63) is 24.0 Å². The Kier molecular flexibility index (Phi) is 3.61. The lowest BCUT2D eigenvalue weighted by molar-refractivity contribution is -0.124. The first kappa shape index (κ1) is 11.9. The van der Waals surface area contributed by atoms with Crippen LogP contribution in [0.15, 0.2) is 18.5 Å². The number of amides is 1. The Labute approximate surface area is 101 Å². The summed E-state index contributed by atoms with van der Waals surface area (Å²) in [7, 11) is 0. The number of ketones is 1. The molecule has 1 aliphatic heterocycles. The van der Waals surface area contributed by atoms with Crippen molar-refractivity contribution in [3.8, 4) is 0 Å². The first-order chi connectivity index (χ1) is 8.24. The van der Waals surface area contributed by atoms with E-state index < -0.39 is 0 Å². The predicted octanol–water partition coefficient (Wildman–Crippen LogP) is 1.99. The number of likely N-dealkylation sites (tertiary alicyclic amines) is 1. The van der Waals surface area contributed by atoms with Crippen LogP contribution in [0.1, 0.15) is 43.0 Å². The Morgan fingerprint density at radius 3 is 2.94 bits per heavy atom. The molecule has 17 heavy (non-hydrogen) atoms. The average molecular weight is 234 g/mol. The minimum Gasteiger partial charge on any atom is -0.367 e. The Bertz CT molecular complexity index is 398. The molecule has 1 atom stereocenters. The van der Waals surface area contributed by atoms with Gasteiger partial charge in [0, 0.05) is 25.4 Å². The van der Waals surface area contributed by atoms with Crippen LogP contribution in [0.25, 0.3) is 0 Å². The topological polar surface area (TPSA) is 53.2 Å². The molecule has 1 N–H and O–H groups in total. The van der Waals surface area contributed by atoms with Crippen LogP contribution in [-0.4, -0.2) is 34.2 Å². The molecular weight excluding hydrogens is 216 g/mol. The zero-order valence-electron chi connectivity index (χ0n) is 10.1. The number of aromatic amines is 1. The van der Waals surface area contributed by atoms with Crippen LogP contribution in [-0.2, 0) is 4.79 Å². The molecule has 1 aromatic heterocycles. The van der Waals surface area contributed by atoms with Crippen LogP contribution in [0.3, 0.4) is 0 Å². The van der Waals surface area contributed by atoms with Crippen LogP contribution in [0.2, 0.25) is 0 Å². The van der Waals surface area contributed by atoms with Crippen LogP contribution < -0.4 is 0 Å². The largest absolute Gasteiger partial charge is 0.367 e. The summed E-state index contributed by atoms with van der Waals surface area (Å²) in [5.74, 6) is 0.145. The Morgan fingerprint density at radius 1 is 1.47 bits per heavy atom. The van der Waals surface area contributed by atoms with Gasteiger partial charge in [0.15, 0.2) is 5.78 Å². The monoisotopic (exact) mass is 234 g/mol. The van der Waals surface area contributed by atoms with Gasteiger partial charge in [-0.2, -0.15) is 0 Å². The maximum atomic E-state index is 12.2. The molecule has 1 saturated heterocycles. The summed E-state index contributed by atoms with van der Waals surface area (Å²) in [5, 5.41) is 0. The van der Waals surface area contributed by atoms with Crippen LogP contribution >= 0.6 is 0 Å². The molecule has 4 nitrogen and oxygen atoms in total. The number of hydrogen-bond donors (Lipinski definition) is 1. The number of rotatable bonds is 3. The normalized spacial score (nSPS) is 20.3. The summed E-state index contributed by atoms with van der Waals surface area (Å²) in [4.78, 5) is 28.7. The molecule has 0 radical (unpaired) electrons. The molecule has 92 valence electrons. The van der Waals surface area contributed by atoms with Crippen molar-refractivity contribution in [3.63, 3.8) is 0 Å². The van der Waals surface area contributed by atoms with Gasteiger partial charge in [-0.25, -0.2) is 0 Å². The first-order valence-corrected chi connectivity index (χ1v) is 6.20. The van der Waals surface area contributed by atoms with E-state index in [4.69, 9.17) is 0 Å². The number of nitrogens with zero attached hydrogens (tertiary/aromatic N) is 1. The number of aromatic nitrogens is 1. The van der Waals surface area contributed by atoms with Crippen molar-refractivity contribution in [2.24, 2.45) is 0 Å². The van der Waals surface area contributed by atoms with Gasteiger partial charge in [-0.05, 0) is 25.3 Å². The van der Waals surface area contributed by atoms with E-state index in [1.54, 1.807) is 23.4 Å². The molecule has 1 aromatic rings. The maximum Gasteiger partial charge on any atom is 0.255 e. The van der Waals surface area contributed by atoms with Gasteiger partial charge in [0.1, 0.15) is 0 Å². The van der Waals surface area contributed by atoms with Crippen molar-refractivity contribution in [1.82, 2.24) is 9.88 Å². The molecular formula is C13H18N2O2. The molecule has 1 fully saturated rings. The second-order valence-electron chi connectivity index (χ2n) is 4.43. The summed E-state index contributed by atoms with van der Waals surface area (Å²) in [6.07, 6.45) is 6.75. The van der Waals surface area contributed by atoms with Crippen molar-refractivity contribution in [1.29, 1.82) is 0 Å². The number of Topliss-reactive ketones (excluding diaryl/α,β-unsaturated/α-hetero) is 1. The van der Waals surface area contributed by atoms with E-state index in [9.17, 15) is 9.59 Å². The summed E-state index contributed by atoms with van der Waals surface area (Å²) in [5.41, 5.74) is 0.640. The molecule has 0 unspecified atom stereocenters. The van der Waals surface area contributed by atoms with Crippen molar-refractivity contribution in [2.45, 2.75) is 38.6 Å². The summed E-state index contributed by atoms with van der Waals surface area (Å²) in [6.45, 7) is 2.55. The van der Waals surface area contributed by atoms with Gasteiger partial charge in [0.05, 0.1) is 11.6 Å². The summed E-state index contributed by atoms with van der Waals surface area (Å²) >= 11 is 0. The van der Waals surface area contributed by atoms with Crippen molar-refractivity contribution >= 4 is 11.7 Å². The van der Waals surface area contributed by atoms with E-state index in [0.29, 0.717) is 18.5 Å². The zero-order chi connectivity index (χ0) is 12.3. The molecule has 0 aliphatic carbocycles. The van der Waals surface area contributed by atoms with E-state index >= 15 is 0 Å². The van der Waals surface area contributed by atoms with Gasteiger partial charge < -0.3 is 9.88 Å². The zero-order valence-corrected chi connectivity index (χ0v) is 10.1. The minimum absolute atomic E-state index is 0.0299. The molecule has 0 saturated carbocycles. The summed E-state index contributed by atoms with van der Waals surface area (Å²) < 4.78 is 0. The third-order valence-electron chi connectivity index (χ3n) is 3.33. The Hall–Kier alpha value is -1.58. The Balaban J connectivity index is 2.16. The molecule has 2 rings (SSSR count). The maximum absolute atomic E-state index is 12.2. The lowest BCUT2D eigenvalue weighted by atomic mass is 9.96. The molecule has 0 aromatic carbocycles. The first-order valence-electron chi connectivity index (χ1n) is 6.20. The lowest BCUT2D eigenvalue weighted by Gasteiger charge is -2.34. The van der Waals surface area contributed by atoms with Gasteiger partial charge in [0.2, 0.25) is 0 Å². The Morgan fingerprint density at radius 2 is 2.29 bits per heavy atom. The standard InChI is InChI=1S/C13H18N2O2/c1-2-12(16)11-5-3-4-8-15(11)13(17)10-6-7-14-9-10/h6-7,9,11,14H,2-5,8H2,1H3/t11-/m0/s1. The number of nitrogens with one attached hydrogen (secondary N) is 1. The fourth-order valence-corrected chi connectivity index (χ4v) is 2.37. The average Bonchev–Trinajstić information content (AvgIpc) is 2.91. The van der Waals surface area contributed by atoms with Crippen LogP contribution in [0, 0.1) is 0 Å². The van der Waals surface area contributed by atoms with E-state index in [-0.39, 0.29) is 17.7 Å². The highest BCUT2D eigenvalue weighted by Gasteiger charge is 2.31. The number of carbonyl (C=O) groups is 2. The van der Waals surface area contributed by atoms with Crippen molar-refractivity contribution < 1.29 is 9.59 Å².